The maximum atomic E-state index is 13.6. The fourth-order valence-corrected chi connectivity index (χ4v) is 3.83. The number of aliphatic carboxylic acids is 1. The number of aliphatic hydroxyl groups excluding tert-OH is 1. The molecular weight excluding hydrogens is 379 g/mol. The van der Waals surface area contributed by atoms with E-state index in [-0.39, 0.29) is 31.6 Å². The van der Waals surface area contributed by atoms with Crippen molar-refractivity contribution in [2.75, 3.05) is 13.1 Å². The highest BCUT2D eigenvalue weighted by molar-refractivity contribution is 5.95. The molecule has 8 nitrogen and oxygen atoms in total. The molecule has 9 heteroatoms. The highest BCUT2D eigenvalue weighted by Gasteiger charge is 2.50. The fourth-order valence-electron chi connectivity index (χ4n) is 3.83. The Morgan fingerprint density at radius 2 is 2.14 bits per heavy atom. The van der Waals surface area contributed by atoms with E-state index in [4.69, 9.17) is 0 Å². The Kier molecular flexibility index (Phi) is 4.75. The minimum atomic E-state index is -1.64. The Morgan fingerprint density at radius 3 is 2.90 bits per heavy atom. The standard InChI is InChI=1S/C20H19FN4O4/c21-14-3-1-2-12(8-14)9-20(19(28)29)11-25(7-6-16(20)26)18(27)15-5-4-13-10-22-24-17(13)23-15/h1-5,8,10,16,26H,6-7,9,11H2,(H,28,29)(H,22,23,24)/t16-,20-/m1/s1. The summed E-state index contributed by atoms with van der Waals surface area (Å²) in [6.07, 6.45) is 0.412. The number of carbonyl (C=O) groups is 2. The highest BCUT2D eigenvalue weighted by Crippen LogP contribution is 2.35. The summed E-state index contributed by atoms with van der Waals surface area (Å²) in [4.78, 5) is 30.8. The summed E-state index contributed by atoms with van der Waals surface area (Å²) < 4.78 is 13.6. The van der Waals surface area contributed by atoms with Crippen molar-refractivity contribution in [2.24, 2.45) is 5.41 Å². The van der Waals surface area contributed by atoms with E-state index in [1.54, 1.807) is 24.4 Å². The minimum absolute atomic E-state index is 0.0969. The lowest BCUT2D eigenvalue weighted by Crippen LogP contribution is -2.58. The monoisotopic (exact) mass is 398 g/mol. The van der Waals surface area contributed by atoms with Crippen LogP contribution in [0.3, 0.4) is 0 Å². The van der Waals surface area contributed by atoms with Gasteiger partial charge in [0.2, 0.25) is 0 Å². The number of H-pyrrole nitrogens is 1. The molecule has 2 aromatic heterocycles. The molecule has 3 heterocycles. The van der Waals surface area contributed by atoms with Crippen molar-refractivity contribution in [3.63, 3.8) is 0 Å². The summed E-state index contributed by atoms with van der Waals surface area (Å²) in [5.41, 5.74) is -0.585. The van der Waals surface area contributed by atoms with Crippen molar-refractivity contribution in [3.05, 3.63) is 59.7 Å². The third-order valence-corrected chi connectivity index (χ3v) is 5.42. The Hall–Kier alpha value is -3.33. The normalized spacial score (nSPS) is 22.0. The summed E-state index contributed by atoms with van der Waals surface area (Å²) >= 11 is 0. The number of amides is 1. The zero-order chi connectivity index (χ0) is 20.6. The minimum Gasteiger partial charge on any atom is -0.481 e. The number of rotatable bonds is 4. The van der Waals surface area contributed by atoms with Crippen LogP contribution in [0.15, 0.2) is 42.6 Å². The van der Waals surface area contributed by atoms with Gasteiger partial charge in [-0.1, -0.05) is 12.1 Å². The lowest BCUT2D eigenvalue weighted by molar-refractivity contribution is -0.161. The van der Waals surface area contributed by atoms with Crippen LogP contribution in [0.5, 0.6) is 0 Å². The number of nitrogens with one attached hydrogen (secondary N) is 1. The highest BCUT2D eigenvalue weighted by atomic mass is 19.1. The maximum absolute atomic E-state index is 13.6. The van der Waals surface area contributed by atoms with Crippen LogP contribution in [0.1, 0.15) is 22.5 Å². The molecule has 1 aromatic carbocycles. The van der Waals surface area contributed by atoms with Gasteiger partial charge in [0.1, 0.15) is 16.9 Å². The first-order chi connectivity index (χ1) is 13.9. The summed E-state index contributed by atoms with van der Waals surface area (Å²) in [5.74, 6) is -2.15. The van der Waals surface area contributed by atoms with Gasteiger partial charge in [0, 0.05) is 18.5 Å². The Balaban J connectivity index is 1.64. The van der Waals surface area contributed by atoms with Gasteiger partial charge in [0.25, 0.3) is 5.91 Å². The van der Waals surface area contributed by atoms with Crippen LogP contribution in [0, 0.1) is 11.2 Å². The first-order valence-corrected chi connectivity index (χ1v) is 9.14. The number of piperidine rings is 1. The molecule has 0 radical (unpaired) electrons. The smallest absolute Gasteiger partial charge is 0.314 e. The molecule has 3 aromatic rings. The quantitative estimate of drug-likeness (QED) is 0.614. The van der Waals surface area contributed by atoms with Gasteiger partial charge < -0.3 is 15.1 Å². The second-order valence-corrected chi connectivity index (χ2v) is 7.30. The van der Waals surface area contributed by atoms with Crippen molar-refractivity contribution in [3.8, 4) is 0 Å². The van der Waals surface area contributed by atoms with E-state index < -0.39 is 29.2 Å². The number of hydrogen-bond acceptors (Lipinski definition) is 5. The molecule has 1 fully saturated rings. The molecule has 1 aliphatic heterocycles. The zero-order valence-corrected chi connectivity index (χ0v) is 15.4. The van der Waals surface area contributed by atoms with Crippen molar-refractivity contribution in [2.45, 2.75) is 18.9 Å². The van der Waals surface area contributed by atoms with E-state index in [1.807, 2.05) is 0 Å². The number of fused-ring (bicyclic) bond motifs is 1. The molecule has 1 saturated heterocycles. The summed E-state index contributed by atoms with van der Waals surface area (Å²) in [6.45, 7) is -0.0115. The molecule has 0 bridgehead atoms. The Morgan fingerprint density at radius 1 is 1.31 bits per heavy atom. The van der Waals surface area contributed by atoms with Crippen LogP contribution in [-0.2, 0) is 11.2 Å². The Bertz CT molecular complexity index is 1090. The molecule has 1 aliphatic rings. The van der Waals surface area contributed by atoms with Crippen LogP contribution >= 0.6 is 0 Å². The summed E-state index contributed by atoms with van der Waals surface area (Å²) in [5, 5.41) is 27.8. The number of likely N-dealkylation sites (tertiary alicyclic amines) is 1. The van der Waals surface area contributed by atoms with Crippen LogP contribution in [0.2, 0.25) is 0 Å². The second kappa shape index (κ2) is 7.25. The number of aromatic amines is 1. The third kappa shape index (κ3) is 3.44. The van der Waals surface area contributed by atoms with Crippen LogP contribution in [0.4, 0.5) is 4.39 Å². The average molecular weight is 398 g/mol. The summed E-state index contributed by atoms with van der Waals surface area (Å²) in [6, 6.07) is 8.86. The molecule has 4 rings (SSSR count). The van der Waals surface area contributed by atoms with Gasteiger partial charge in [-0.25, -0.2) is 9.37 Å². The van der Waals surface area contributed by atoms with Crippen molar-refractivity contribution in [1.29, 1.82) is 0 Å². The van der Waals surface area contributed by atoms with Gasteiger partial charge in [0.15, 0.2) is 5.65 Å². The van der Waals surface area contributed by atoms with E-state index in [9.17, 15) is 24.2 Å². The van der Waals surface area contributed by atoms with Gasteiger partial charge in [0.05, 0.1) is 12.3 Å². The van der Waals surface area contributed by atoms with E-state index in [1.165, 1.54) is 23.1 Å². The predicted molar refractivity (Wildman–Crippen MR) is 101 cm³/mol. The Labute approximate surface area is 165 Å². The number of benzene rings is 1. The first-order valence-electron chi connectivity index (χ1n) is 9.14. The largest absolute Gasteiger partial charge is 0.481 e. The molecule has 1 amide bonds. The molecule has 3 N–H and O–H groups in total. The maximum Gasteiger partial charge on any atom is 0.314 e. The van der Waals surface area contributed by atoms with E-state index in [0.29, 0.717) is 11.2 Å². The van der Waals surface area contributed by atoms with Crippen molar-refractivity contribution < 1.29 is 24.2 Å². The molecular formula is C20H19FN4O4. The number of aliphatic hydroxyl groups is 1. The van der Waals surface area contributed by atoms with Crippen LogP contribution in [-0.4, -0.2) is 61.4 Å². The van der Waals surface area contributed by atoms with Gasteiger partial charge in [-0.3, -0.25) is 14.7 Å². The van der Waals surface area contributed by atoms with E-state index in [0.717, 1.165) is 5.39 Å². The third-order valence-electron chi connectivity index (χ3n) is 5.42. The number of hydrogen-bond donors (Lipinski definition) is 3. The first kappa shape index (κ1) is 19.0. The number of pyridine rings is 1. The number of nitrogens with zero attached hydrogens (tertiary/aromatic N) is 3. The fraction of sp³-hybridized carbons (Fsp3) is 0.300. The SMILES string of the molecule is O=C(c1ccc2cn[nH]c2n1)N1CC[C@@H](O)[C@](Cc2cccc(F)c2)(C(=O)O)C1. The topological polar surface area (TPSA) is 119 Å². The van der Waals surface area contributed by atoms with Gasteiger partial charge in [-0.2, -0.15) is 5.10 Å². The molecule has 0 aliphatic carbocycles. The molecule has 0 saturated carbocycles. The zero-order valence-electron chi connectivity index (χ0n) is 15.4. The van der Waals surface area contributed by atoms with Crippen molar-refractivity contribution >= 4 is 22.9 Å². The summed E-state index contributed by atoms with van der Waals surface area (Å²) in [7, 11) is 0. The lowest BCUT2D eigenvalue weighted by atomic mass is 9.72. The molecule has 2 atom stereocenters. The molecule has 29 heavy (non-hydrogen) atoms. The lowest BCUT2D eigenvalue weighted by Gasteiger charge is -2.43. The van der Waals surface area contributed by atoms with Crippen molar-refractivity contribution in [1.82, 2.24) is 20.1 Å². The molecule has 150 valence electrons. The number of carboxylic acids is 1. The second-order valence-electron chi connectivity index (χ2n) is 7.30. The average Bonchev–Trinajstić information content (AvgIpc) is 3.17. The number of carbonyl (C=O) groups excluding carboxylic acids is 1. The van der Waals surface area contributed by atoms with Gasteiger partial charge in [-0.15, -0.1) is 0 Å². The van der Waals surface area contributed by atoms with Gasteiger partial charge in [-0.05, 0) is 42.7 Å². The van der Waals surface area contributed by atoms with Crippen LogP contribution < -0.4 is 0 Å². The van der Waals surface area contributed by atoms with E-state index in [2.05, 4.69) is 15.2 Å². The number of aromatic nitrogens is 3. The van der Waals surface area contributed by atoms with Crippen LogP contribution in [0.25, 0.3) is 11.0 Å². The molecule has 0 spiro atoms. The van der Waals surface area contributed by atoms with Gasteiger partial charge >= 0.3 is 5.97 Å². The number of halogens is 1. The number of carboxylic acid groups (broad SMARTS) is 1. The molecule has 0 unspecified atom stereocenters. The van der Waals surface area contributed by atoms with E-state index >= 15 is 0 Å². The predicted octanol–water partition coefficient (Wildman–Crippen LogP) is 1.62.